The van der Waals surface area contributed by atoms with E-state index in [2.05, 4.69) is 41.5 Å². The Hall–Kier alpha value is 0.220. The Labute approximate surface area is 68.0 Å². The van der Waals surface area contributed by atoms with E-state index in [0.717, 1.165) is 10.5 Å². The highest BCUT2D eigenvalue weighted by Gasteiger charge is 2.06. The fourth-order valence-electron chi connectivity index (χ4n) is 1.49. The summed E-state index contributed by atoms with van der Waals surface area (Å²) in [5.41, 5.74) is 0. The molecule has 0 unspecified atom stereocenters. The van der Waals surface area contributed by atoms with E-state index in [1.807, 2.05) is 0 Å². The van der Waals surface area contributed by atoms with Gasteiger partial charge in [-0.1, -0.05) is 32.6 Å². The highest BCUT2D eigenvalue weighted by molar-refractivity contribution is 8.16. The van der Waals surface area contributed by atoms with Crippen molar-refractivity contribution in [1.82, 2.24) is 0 Å². The summed E-state index contributed by atoms with van der Waals surface area (Å²) >= 11 is 0. The van der Waals surface area contributed by atoms with Gasteiger partial charge in [-0.05, 0) is 24.3 Å². The minimum Gasteiger partial charge on any atom is -0.182 e. The molecule has 0 atom stereocenters. The molecule has 0 amide bonds. The minimum absolute atomic E-state index is 0.537. The van der Waals surface area contributed by atoms with Crippen LogP contribution in [0.25, 0.3) is 0 Å². The van der Waals surface area contributed by atoms with Crippen molar-refractivity contribution >= 4 is 15.3 Å². The van der Waals surface area contributed by atoms with Gasteiger partial charge in [0.1, 0.15) is 0 Å². The smallest absolute Gasteiger partial charge is 0.00573 e. The largest absolute Gasteiger partial charge is 0.182 e. The maximum absolute atomic E-state index is 2.32. The lowest BCUT2D eigenvalue weighted by molar-refractivity contribution is 1.05. The summed E-state index contributed by atoms with van der Waals surface area (Å²) in [7, 11) is 0.537. The molecule has 0 aliphatic rings. The van der Waals surface area contributed by atoms with E-state index in [-0.39, 0.29) is 0 Å². The van der Waals surface area contributed by atoms with Crippen molar-refractivity contribution in [2.24, 2.45) is 0 Å². The molecule has 0 N–H and O–H groups in total. The van der Waals surface area contributed by atoms with Gasteiger partial charge in [0.2, 0.25) is 0 Å². The van der Waals surface area contributed by atoms with Crippen molar-refractivity contribution in [3.8, 4) is 0 Å². The molecule has 0 aliphatic carbocycles. The van der Waals surface area contributed by atoms with Crippen molar-refractivity contribution in [2.45, 2.75) is 52.0 Å². The summed E-state index contributed by atoms with van der Waals surface area (Å²) in [6.07, 6.45) is 0. The van der Waals surface area contributed by atoms with Crippen molar-refractivity contribution in [2.75, 3.05) is 0 Å². The molecular formula is C9H20S. The fourth-order valence-corrected chi connectivity index (χ4v) is 4.46. The van der Waals surface area contributed by atoms with Crippen LogP contribution in [-0.4, -0.2) is 15.4 Å². The molecule has 62 valence electrons. The van der Waals surface area contributed by atoms with E-state index in [4.69, 9.17) is 0 Å². The first-order valence-corrected chi connectivity index (χ1v) is 5.34. The predicted molar refractivity (Wildman–Crippen MR) is 54.2 cm³/mol. The van der Waals surface area contributed by atoms with Crippen LogP contribution in [0.4, 0.5) is 0 Å². The molecule has 0 nitrogen and oxygen atoms in total. The van der Waals surface area contributed by atoms with Gasteiger partial charge in [0.05, 0.1) is 0 Å². The third-order valence-electron chi connectivity index (χ3n) is 1.49. The highest BCUT2D eigenvalue weighted by atomic mass is 32.2. The van der Waals surface area contributed by atoms with Gasteiger partial charge in [-0.3, -0.25) is 0 Å². The van der Waals surface area contributed by atoms with E-state index in [9.17, 15) is 0 Å². The second-order valence-electron chi connectivity index (χ2n) is 3.38. The Kier molecular flexibility index (Phi) is 4.26. The Bertz CT molecular complexity index is 118. The van der Waals surface area contributed by atoms with E-state index in [0.29, 0.717) is 10.5 Å². The van der Waals surface area contributed by atoms with E-state index in [1.54, 1.807) is 4.86 Å². The molecule has 0 aliphatic heterocycles. The zero-order chi connectivity index (χ0) is 8.31. The summed E-state index contributed by atoms with van der Waals surface area (Å²) < 4.78 is 0. The van der Waals surface area contributed by atoms with Crippen LogP contribution in [-0.2, 0) is 0 Å². The molecule has 0 aromatic carbocycles. The Morgan fingerprint density at radius 3 is 1.20 bits per heavy atom. The second kappa shape index (κ2) is 4.17. The third-order valence-corrected chi connectivity index (χ3v) is 4.46. The van der Waals surface area contributed by atoms with Crippen LogP contribution < -0.4 is 0 Å². The Balaban J connectivity index is 4.44. The van der Waals surface area contributed by atoms with Gasteiger partial charge < -0.3 is 0 Å². The third kappa shape index (κ3) is 2.87. The maximum atomic E-state index is 2.32. The maximum Gasteiger partial charge on any atom is -0.00573 e. The van der Waals surface area contributed by atoms with Crippen molar-refractivity contribution in [3.05, 3.63) is 0 Å². The molecule has 0 aromatic rings. The molecule has 0 radical (unpaired) electrons. The van der Waals surface area contributed by atoms with Gasteiger partial charge >= 0.3 is 0 Å². The van der Waals surface area contributed by atoms with Crippen LogP contribution >= 0.6 is 10.5 Å². The summed E-state index contributed by atoms with van der Waals surface area (Å²) in [6, 6.07) is 0. The molecule has 0 fully saturated rings. The molecule has 0 saturated carbocycles. The quantitative estimate of drug-likeness (QED) is 0.544. The normalized spacial score (nSPS) is 11.7. The van der Waals surface area contributed by atoms with Crippen molar-refractivity contribution < 1.29 is 0 Å². The van der Waals surface area contributed by atoms with Crippen LogP contribution in [0.2, 0.25) is 0 Å². The number of hydrogen-bond donors (Lipinski definition) is 0. The van der Waals surface area contributed by atoms with Crippen LogP contribution in [0.3, 0.4) is 0 Å². The molecule has 0 aromatic heterocycles. The second-order valence-corrected chi connectivity index (χ2v) is 6.82. The molecule has 0 rings (SSSR count). The SMILES string of the molecule is CC(C)=S(C(C)C)C(C)C. The molecule has 1 heteroatoms. The first-order chi connectivity index (χ1) is 4.46. The summed E-state index contributed by atoms with van der Waals surface area (Å²) in [5.74, 6) is 0. The lowest BCUT2D eigenvalue weighted by Crippen LogP contribution is -2.05. The lowest BCUT2D eigenvalue weighted by Gasteiger charge is -2.19. The zero-order valence-corrected chi connectivity index (χ0v) is 8.88. The van der Waals surface area contributed by atoms with Gasteiger partial charge in [0, 0.05) is 0 Å². The Morgan fingerprint density at radius 2 is 1.20 bits per heavy atom. The van der Waals surface area contributed by atoms with Gasteiger partial charge in [-0.15, -0.1) is 0 Å². The van der Waals surface area contributed by atoms with E-state index in [1.165, 1.54) is 0 Å². The van der Waals surface area contributed by atoms with Gasteiger partial charge in [0.25, 0.3) is 0 Å². The monoisotopic (exact) mass is 160 g/mol. The topological polar surface area (TPSA) is 0 Å². The molecule has 0 spiro atoms. The molecule has 0 saturated heterocycles. The average Bonchev–Trinajstić information content (AvgIpc) is 1.59. The van der Waals surface area contributed by atoms with E-state index < -0.39 is 0 Å². The molecular weight excluding hydrogens is 140 g/mol. The van der Waals surface area contributed by atoms with Crippen LogP contribution in [0.15, 0.2) is 0 Å². The number of rotatable bonds is 2. The number of hydrogen-bond acceptors (Lipinski definition) is 0. The molecule has 0 heterocycles. The summed E-state index contributed by atoms with van der Waals surface area (Å²) in [4.78, 5) is 1.60. The molecule has 0 bridgehead atoms. The van der Waals surface area contributed by atoms with Crippen molar-refractivity contribution in [3.63, 3.8) is 0 Å². The van der Waals surface area contributed by atoms with Crippen molar-refractivity contribution in [1.29, 1.82) is 0 Å². The van der Waals surface area contributed by atoms with Crippen LogP contribution in [0.1, 0.15) is 41.5 Å². The van der Waals surface area contributed by atoms with Gasteiger partial charge in [-0.25, -0.2) is 0 Å². The zero-order valence-electron chi connectivity index (χ0n) is 8.06. The molecule has 10 heavy (non-hydrogen) atoms. The van der Waals surface area contributed by atoms with E-state index >= 15 is 0 Å². The standard InChI is InChI=1S/C9H20S/c1-7(2)10(8(3)4)9(5)6/h7-8H,1-6H3. The summed E-state index contributed by atoms with van der Waals surface area (Å²) in [6.45, 7) is 13.8. The van der Waals surface area contributed by atoms with Gasteiger partial charge in [-0.2, -0.15) is 10.5 Å². The Morgan fingerprint density at radius 1 is 0.900 bits per heavy atom. The predicted octanol–water partition coefficient (Wildman–Crippen LogP) is 3.28. The fraction of sp³-hybridized carbons (Fsp3) is 0.889. The van der Waals surface area contributed by atoms with Crippen LogP contribution in [0, 0.1) is 0 Å². The lowest BCUT2D eigenvalue weighted by atomic mass is 10.5. The first kappa shape index (κ1) is 10.2. The van der Waals surface area contributed by atoms with Gasteiger partial charge in [0.15, 0.2) is 0 Å². The highest BCUT2D eigenvalue weighted by Crippen LogP contribution is 2.27. The van der Waals surface area contributed by atoms with Crippen LogP contribution in [0.5, 0.6) is 0 Å². The first-order valence-electron chi connectivity index (χ1n) is 3.98. The average molecular weight is 160 g/mol. The summed E-state index contributed by atoms with van der Waals surface area (Å²) in [5, 5.41) is 1.65. The minimum atomic E-state index is 0.537.